The van der Waals surface area contributed by atoms with E-state index in [0.717, 1.165) is 19.3 Å². The van der Waals surface area contributed by atoms with Crippen LogP contribution < -0.4 is 5.14 Å². The van der Waals surface area contributed by atoms with Crippen molar-refractivity contribution in [3.05, 3.63) is 0 Å². The molecule has 0 aromatic carbocycles. The van der Waals surface area contributed by atoms with Gasteiger partial charge in [-0.25, -0.2) is 13.6 Å². The summed E-state index contributed by atoms with van der Waals surface area (Å²) in [6.45, 7) is 2.53. The fraction of sp³-hybridized carbons (Fsp3) is 1.00. The van der Waals surface area contributed by atoms with Gasteiger partial charge in [-0.15, -0.1) is 0 Å². The quantitative estimate of drug-likeness (QED) is 0.772. The zero-order valence-corrected chi connectivity index (χ0v) is 9.83. The molecule has 0 spiro atoms. The second kappa shape index (κ2) is 5.79. The van der Waals surface area contributed by atoms with Gasteiger partial charge in [0.1, 0.15) is 0 Å². The number of ether oxygens (including phenoxy) is 2. The standard InChI is InChI=1S/C9H19NO4S/c1-2-5-9(15(10,11)12)14-8-6-3-4-7-13-8/h8-9H,2-7H2,1H3,(H2,10,11,12). The number of hydrogen-bond donors (Lipinski definition) is 1. The number of primary sulfonamides is 1. The van der Waals surface area contributed by atoms with Crippen LogP contribution in [0.2, 0.25) is 0 Å². The lowest BCUT2D eigenvalue weighted by molar-refractivity contribution is -0.172. The Labute approximate surface area is 91.0 Å². The van der Waals surface area contributed by atoms with Crippen molar-refractivity contribution in [3.63, 3.8) is 0 Å². The van der Waals surface area contributed by atoms with E-state index in [1.54, 1.807) is 0 Å². The molecule has 1 aliphatic heterocycles. The van der Waals surface area contributed by atoms with E-state index in [0.29, 0.717) is 19.4 Å². The normalized spacial score (nSPS) is 25.1. The molecular formula is C9H19NO4S. The van der Waals surface area contributed by atoms with Crippen LogP contribution in [0, 0.1) is 0 Å². The fourth-order valence-electron chi connectivity index (χ4n) is 1.53. The van der Waals surface area contributed by atoms with E-state index in [-0.39, 0.29) is 0 Å². The Morgan fingerprint density at radius 2 is 2.27 bits per heavy atom. The van der Waals surface area contributed by atoms with E-state index in [1.807, 2.05) is 6.92 Å². The topological polar surface area (TPSA) is 78.6 Å². The highest BCUT2D eigenvalue weighted by Gasteiger charge is 2.26. The van der Waals surface area contributed by atoms with Crippen molar-refractivity contribution in [2.45, 2.75) is 50.8 Å². The summed E-state index contributed by atoms with van der Waals surface area (Å²) in [5.74, 6) is 0. The van der Waals surface area contributed by atoms with E-state index in [4.69, 9.17) is 14.6 Å². The molecule has 2 N–H and O–H groups in total. The summed E-state index contributed by atoms with van der Waals surface area (Å²) < 4.78 is 33.1. The van der Waals surface area contributed by atoms with Gasteiger partial charge in [-0.05, 0) is 25.7 Å². The van der Waals surface area contributed by atoms with Crippen LogP contribution in [0.3, 0.4) is 0 Å². The molecule has 1 aliphatic rings. The van der Waals surface area contributed by atoms with Crippen molar-refractivity contribution in [1.82, 2.24) is 0 Å². The zero-order valence-electron chi connectivity index (χ0n) is 9.02. The van der Waals surface area contributed by atoms with Gasteiger partial charge in [0.25, 0.3) is 0 Å². The lowest BCUT2D eigenvalue weighted by atomic mass is 10.2. The molecule has 2 unspecified atom stereocenters. The SMILES string of the molecule is CCCC(OC1CCCCO1)S(N)(=O)=O. The highest BCUT2D eigenvalue weighted by molar-refractivity contribution is 7.89. The van der Waals surface area contributed by atoms with Crippen LogP contribution in [0.4, 0.5) is 0 Å². The molecule has 1 saturated heterocycles. The van der Waals surface area contributed by atoms with E-state index in [1.165, 1.54) is 0 Å². The van der Waals surface area contributed by atoms with Gasteiger partial charge in [0, 0.05) is 6.61 Å². The van der Waals surface area contributed by atoms with Crippen LogP contribution in [0.1, 0.15) is 39.0 Å². The van der Waals surface area contributed by atoms with Crippen LogP contribution in [-0.2, 0) is 19.5 Å². The minimum absolute atomic E-state index is 0.409. The molecule has 0 radical (unpaired) electrons. The predicted molar refractivity (Wildman–Crippen MR) is 56.5 cm³/mol. The lowest BCUT2D eigenvalue weighted by Gasteiger charge is -2.26. The fourth-order valence-corrected chi connectivity index (χ4v) is 2.38. The number of nitrogens with two attached hydrogens (primary N) is 1. The minimum Gasteiger partial charge on any atom is -0.353 e. The van der Waals surface area contributed by atoms with E-state index in [9.17, 15) is 8.42 Å². The average molecular weight is 237 g/mol. The molecule has 6 heteroatoms. The zero-order chi connectivity index (χ0) is 11.3. The van der Waals surface area contributed by atoms with Gasteiger partial charge in [0.15, 0.2) is 11.7 Å². The lowest BCUT2D eigenvalue weighted by Crippen LogP contribution is -2.36. The van der Waals surface area contributed by atoms with E-state index >= 15 is 0 Å². The molecule has 0 aromatic rings. The summed E-state index contributed by atoms with van der Waals surface area (Å²) in [5, 5.41) is 5.07. The molecule has 90 valence electrons. The first-order valence-corrected chi connectivity index (χ1v) is 6.93. The maximum atomic E-state index is 11.2. The van der Waals surface area contributed by atoms with Crippen molar-refractivity contribution in [2.24, 2.45) is 5.14 Å². The molecule has 5 nitrogen and oxygen atoms in total. The van der Waals surface area contributed by atoms with Crippen LogP contribution in [-0.4, -0.2) is 26.8 Å². The summed E-state index contributed by atoms with van der Waals surface area (Å²) >= 11 is 0. The van der Waals surface area contributed by atoms with Gasteiger partial charge in [0.05, 0.1) is 0 Å². The molecule has 0 aliphatic carbocycles. The molecule has 0 amide bonds. The second-order valence-corrected chi connectivity index (χ2v) is 5.44. The molecule has 15 heavy (non-hydrogen) atoms. The van der Waals surface area contributed by atoms with Crippen LogP contribution in [0.15, 0.2) is 0 Å². The Bertz CT molecular complexity index is 272. The molecule has 1 fully saturated rings. The third-order valence-electron chi connectivity index (χ3n) is 2.33. The summed E-state index contributed by atoms with van der Waals surface area (Å²) in [6.07, 6.45) is 3.48. The van der Waals surface area contributed by atoms with Gasteiger partial charge in [-0.3, -0.25) is 0 Å². The molecule has 1 heterocycles. The molecule has 2 atom stereocenters. The Hall–Kier alpha value is -0.170. The maximum absolute atomic E-state index is 11.2. The summed E-state index contributed by atoms with van der Waals surface area (Å²) in [7, 11) is -3.63. The average Bonchev–Trinajstić information content (AvgIpc) is 2.17. The van der Waals surface area contributed by atoms with Crippen LogP contribution in [0.5, 0.6) is 0 Å². The largest absolute Gasteiger partial charge is 0.353 e. The van der Waals surface area contributed by atoms with Gasteiger partial charge in [-0.2, -0.15) is 0 Å². The number of sulfonamides is 1. The van der Waals surface area contributed by atoms with Crippen molar-refractivity contribution in [1.29, 1.82) is 0 Å². The Kier molecular flexibility index (Phi) is 4.98. The Morgan fingerprint density at radius 3 is 2.73 bits per heavy atom. The number of rotatable bonds is 5. The molecule has 0 bridgehead atoms. The number of hydrogen-bond acceptors (Lipinski definition) is 4. The second-order valence-electron chi connectivity index (χ2n) is 3.74. The molecule has 0 aromatic heterocycles. The van der Waals surface area contributed by atoms with Crippen LogP contribution >= 0.6 is 0 Å². The molecule has 1 rings (SSSR count). The van der Waals surface area contributed by atoms with E-state index in [2.05, 4.69) is 0 Å². The Morgan fingerprint density at radius 1 is 1.53 bits per heavy atom. The first-order valence-electron chi connectivity index (χ1n) is 5.32. The molecule has 0 saturated carbocycles. The van der Waals surface area contributed by atoms with Gasteiger partial charge < -0.3 is 9.47 Å². The van der Waals surface area contributed by atoms with Gasteiger partial charge in [-0.1, -0.05) is 13.3 Å². The highest BCUT2D eigenvalue weighted by Crippen LogP contribution is 2.18. The van der Waals surface area contributed by atoms with Crippen LogP contribution in [0.25, 0.3) is 0 Å². The maximum Gasteiger partial charge on any atom is 0.236 e. The highest BCUT2D eigenvalue weighted by atomic mass is 32.2. The van der Waals surface area contributed by atoms with Gasteiger partial charge in [0.2, 0.25) is 10.0 Å². The van der Waals surface area contributed by atoms with E-state index < -0.39 is 21.7 Å². The third kappa shape index (κ3) is 4.46. The first kappa shape index (κ1) is 12.9. The van der Waals surface area contributed by atoms with Gasteiger partial charge >= 0.3 is 0 Å². The first-order chi connectivity index (χ1) is 7.04. The van der Waals surface area contributed by atoms with Crippen molar-refractivity contribution in [2.75, 3.05) is 6.61 Å². The third-order valence-corrected chi connectivity index (χ3v) is 3.41. The monoisotopic (exact) mass is 237 g/mol. The van der Waals surface area contributed by atoms with Crippen molar-refractivity contribution in [3.8, 4) is 0 Å². The summed E-state index contributed by atoms with van der Waals surface area (Å²) in [4.78, 5) is 0. The van der Waals surface area contributed by atoms with Crippen molar-refractivity contribution >= 4 is 10.0 Å². The predicted octanol–water partition coefficient (Wildman–Crippen LogP) is 0.944. The smallest absolute Gasteiger partial charge is 0.236 e. The summed E-state index contributed by atoms with van der Waals surface area (Å²) in [5.41, 5.74) is -0.925. The molecular weight excluding hydrogens is 218 g/mol. The minimum atomic E-state index is -3.63. The Balaban J connectivity index is 2.50. The van der Waals surface area contributed by atoms with Crippen molar-refractivity contribution < 1.29 is 17.9 Å². The summed E-state index contributed by atoms with van der Waals surface area (Å²) in [6, 6.07) is 0.